The molecule has 1 N–H and O–H groups in total. The van der Waals surface area contributed by atoms with Crippen molar-refractivity contribution in [2.24, 2.45) is 5.16 Å². The fraction of sp³-hybridized carbons (Fsp3) is 0.233. The van der Waals surface area contributed by atoms with Gasteiger partial charge in [-0.1, -0.05) is 90.8 Å². The first-order valence-electron chi connectivity index (χ1n) is 12.5. The normalized spacial score (nSPS) is 11.1. The Morgan fingerprint density at radius 3 is 2.27 bits per heavy atom. The molecule has 4 rings (SSSR count). The molecule has 7 heteroatoms. The predicted octanol–water partition coefficient (Wildman–Crippen LogP) is 6.99. The van der Waals surface area contributed by atoms with E-state index in [1.54, 1.807) is 12.1 Å². The number of amides is 1. The number of rotatable bonds is 11. The molecule has 0 aliphatic carbocycles. The topological polar surface area (TPSA) is 68.5 Å². The summed E-state index contributed by atoms with van der Waals surface area (Å²) >= 11 is 0. The average Bonchev–Trinajstić information content (AvgIpc) is 3.26. The van der Waals surface area contributed by atoms with Gasteiger partial charge in [-0.15, -0.1) is 0 Å². The summed E-state index contributed by atoms with van der Waals surface area (Å²) in [5, 5.41) is 6.33. The molecule has 1 aromatic heterocycles. The lowest BCUT2D eigenvalue weighted by Crippen LogP contribution is -2.23. The molecule has 6 nitrogen and oxygen atoms in total. The van der Waals surface area contributed by atoms with E-state index in [1.165, 1.54) is 18.3 Å². The zero-order valence-electron chi connectivity index (χ0n) is 20.9. The number of halogens is 1. The number of carbonyl (C=O) groups excluding carboxylic acids is 1. The van der Waals surface area contributed by atoms with Crippen molar-refractivity contribution in [2.45, 2.75) is 39.2 Å². The quantitative estimate of drug-likeness (QED) is 0.105. The largest absolute Gasteiger partial charge is 0.433 e. The van der Waals surface area contributed by atoms with Gasteiger partial charge in [-0.05, 0) is 37.5 Å². The maximum atomic E-state index is 12.9. The Morgan fingerprint density at radius 1 is 0.919 bits per heavy atom. The summed E-state index contributed by atoms with van der Waals surface area (Å²) in [6.45, 7) is 3.46. The van der Waals surface area contributed by atoms with E-state index in [4.69, 9.17) is 9.82 Å². The van der Waals surface area contributed by atoms with Gasteiger partial charge in [0.05, 0.1) is 17.6 Å². The van der Waals surface area contributed by atoms with Gasteiger partial charge in [-0.2, -0.15) is 0 Å². The summed E-state index contributed by atoms with van der Waals surface area (Å²) in [4.78, 5) is 21.5. The van der Waals surface area contributed by atoms with Crippen LogP contribution in [0.5, 0.6) is 0 Å². The van der Waals surface area contributed by atoms with Crippen LogP contribution in [0.2, 0.25) is 0 Å². The van der Waals surface area contributed by atoms with Crippen LogP contribution in [0.4, 0.5) is 9.18 Å². The molecular formula is C30H31FN4O2. The number of imidazole rings is 1. The molecule has 0 atom stereocenters. The van der Waals surface area contributed by atoms with Crippen molar-refractivity contribution in [2.75, 3.05) is 6.54 Å². The van der Waals surface area contributed by atoms with E-state index < -0.39 is 6.09 Å². The highest BCUT2D eigenvalue weighted by atomic mass is 19.1. The molecule has 0 saturated carbocycles. The lowest BCUT2D eigenvalue weighted by atomic mass is 10.0. The van der Waals surface area contributed by atoms with Crippen LogP contribution in [0.15, 0.2) is 90.1 Å². The summed E-state index contributed by atoms with van der Waals surface area (Å²) in [6.07, 6.45) is 4.64. The minimum Gasteiger partial charge on any atom is -0.328 e. The third-order valence-electron chi connectivity index (χ3n) is 6.04. The average molecular weight is 499 g/mol. The highest BCUT2D eigenvalue weighted by molar-refractivity contribution is 5.80. The Kier molecular flexibility index (Phi) is 9.18. The number of nitrogens with one attached hydrogen (secondary N) is 1. The van der Waals surface area contributed by atoms with E-state index in [0.29, 0.717) is 12.1 Å². The highest BCUT2D eigenvalue weighted by Gasteiger charge is 2.17. The standard InChI is InChI=1S/C30H31FN4O2/c1-23-34-28(25-12-6-4-7-13-25)29(26-14-8-5-9-15-26)35(23)21-11-3-2-10-20-32-30(36)37-33-22-24-16-18-27(31)19-17-24/h4-9,12-19,22H,2-3,10-11,20-21H2,1H3,(H,32,36). The van der Waals surface area contributed by atoms with Gasteiger partial charge in [0.1, 0.15) is 11.6 Å². The van der Waals surface area contributed by atoms with E-state index in [-0.39, 0.29) is 5.82 Å². The van der Waals surface area contributed by atoms with Crippen molar-refractivity contribution in [1.29, 1.82) is 0 Å². The SMILES string of the molecule is Cc1nc(-c2ccccc2)c(-c2ccccc2)n1CCCCCCNC(=O)ON=Cc1ccc(F)cc1. The molecule has 0 radical (unpaired) electrons. The van der Waals surface area contributed by atoms with Gasteiger partial charge in [0.25, 0.3) is 0 Å². The fourth-order valence-electron chi connectivity index (χ4n) is 4.18. The Morgan fingerprint density at radius 2 is 1.57 bits per heavy atom. The summed E-state index contributed by atoms with van der Waals surface area (Å²) in [6, 6.07) is 26.5. The maximum Gasteiger partial charge on any atom is 0.433 e. The summed E-state index contributed by atoms with van der Waals surface area (Å²) in [7, 11) is 0. The zero-order chi connectivity index (χ0) is 25.9. The summed E-state index contributed by atoms with van der Waals surface area (Å²) in [5.41, 5.74) is 5.08. The second kappa shape index (κ2) is 13.2. The molecule has 4 aromatic rings. The number of benzene rings is 3. The van der Waals surface area contributed by atoms with Crippen molar-refractivity contribution in [1.82, 2.24) is 14.9 Å². The molecule has 0 saturated heterocycles. The number of unbranched alkanes of at least 4 members (excludes halogenated alkanes) is 3. The third-order valence-corrected chi connectivity index (χ3v) is 6.04. The van der Waals surface area contributed by atoms with Crippen LogP contribution in [0.3, 0.4) is 0 Å². The first-order chi connectivity index (χ1) is 18.1. The lowest BCUT2D eigenvalue weighted by Gasteiger charge is -2.12. The van der Waals surface area contributed by atoms with Crippen LogP contribution < -0.4 is 5.32 Å². The van der Waals surface area contributed by atoms with Crippen molar-refractivity contribution in [3.8, 4) is 22.5 Å². The van der Waals surface area contributed by atoms with Gasteiger partial charge in [0, 0.05) is 24.2 Å². The molecule has 0 bridgehead atoms. The van der Waals surface area contributed by atoms with Crippen molar-refractivity contribution < 1.29 is 14.0 Å². The van der Waals surface area contributed by atoms with Gasteiger partial charge < -0.3 is 9.88 Å². The van der Waals surface area contributed by atoms with E-state index in [1.807, 2.05) is 24.3 Å². The molecule has 190 valence electrons. The van der Waals surface area contributed by atoms with Crippen LogP contribution in [-0.2, 0) is 11.4 Å². The number of hydrogen-bond donors (Lipinski definition) is 1. The van der Waals surface area contributed by atoms with E-state index >= 15 is 0 Å². The lowest BCUT2D eigenvalue weighted by molar-refractivity contribution is 0.151. The first-order valence-corrected chi connectivity index (χ1v) is 12.5. The second-order valence-corrected chi connectivity index (χ2v) is 8.75. The van der Waals surface area contributed by atoms with Crippen LogP contribution >= 0.6 is 0 Å². The van der Waals surface area contributed by atoms with Gasteiger partial charge in [-0.25, -0.2) is 14.2 Å². The van der Waals surface area contributed by atoms with E-state index in [2.05, 4.69) is 58.4 Å². The minimum atomic E-state index is -0.603. The number of oxime groups is 1. The molecule has 1 amide bonds. The number of aromatic nitrogens is 2. The van der Waals surface area contributed by atoms with Crippen molar-refractivity contribution >= 4 is 12.3 Å². The Labute approximate surface area is 216 Å². The zero-order valence-corrected chi connectivity index (χ0v) is 20.9. The molecule has 3 aromatic carbocycles. The molecule has 0 aliphatic rings. The van der Waals surface area contributed by atoms with E-state index in [0.717, 1.165) is 60.6 Å². The molecule has 0 spiro atoms. The minimum absolute atomic E-state index is 0.329. The molecule has 0 fully saturated rings. The van der Waals surface area contributed by atoms with Gasteiger partial charge in [-0.3, -0.25) is 4.84 Å². The Bertz CT molecular complexity index is 1300. The number of nitrogens with zero attached hydrogens (tertiary/aromatic N) is 3. The number of hydrogen-bond acceptors (Lipinski definition) is 4. The number of aryl methyl sites for hydroxylation is 1. The first kappa shape index (κ1) is 25.8. The third kappa shape index (κ3) is 7.36. The molecule has 37 heavy (non-hydrogen) atoms. The second-order valence-electron chi connectivity index (χ2n) is 8.75. The van der Waals surface area contributed by atoms with Crippen molar-refractivity contribution in [3.05, 3.63) is 102 Å². The van der Waals surface area contributed by atoms with E-state index in [9.17, 15) is 9.18 Å². The number of carbonyl (C=O) groups is 1. The molecule has 0 aliphatic heterocycles. The highest BCUT2D eigenvalue weighted by Crippen LogP contribution is 2.33. The smallest absolute Gasteiger partial charge is 0.328 e. The van der Waals surface area contributed by atoms with Crippen molar-refractivity contribution in [3.63, 3.8) is 0 Å². The molecular weight excluding hydrogens is 467 g/mol. The van der Waals surface area contributed by atoms with Gasteiger partial charge in [0.15, 0.2) is 0 Å². The molecule has 0 unspecified atom stereocenters. The van der Waals surface area contributed by atoms with Gasteiger partial charge >= 0.3 is 6.09 Å². The predicted molar refractivity (Wildman–Crippen MR) is 145 cm³/mol. The maximum absolute atomic E-state index is 12.9. The van der Waals surface area contributed by atoms with Crippen LogP contribution in [0.1, 0.15) is 37.1 Å². The van der Waals surface area contributed by atoms with Gasteiger partial charge in [0.2, 0.25) is 0 Å². The monoisotopic (exact) mass is 498 g/mol. The summed E-state index contributed by atoms with van der Waals surface area (Å²) < 4.78 is 15.2. The Hall–Kier alpha value is -4.26. The van der Waals surface area contributed by atoms with Crippen LogP contribution in [-0.4, -0.2) is 28.4 Å². The Balaban J connectivity index is 1.23. The molecule has 1 heterocycles. The fourth-order valence-corrected chi connectivity index (χ4v) is 4.18. The summed E-state index contributed by atoms with van der Waals surface area (Å²) in [5.74, 6) is 0.674. The van der Waals surface area contributed by atoms with Crippen LogP contribution in [0.25, 0.3) is 22.5 Å². The van der Waals surface area contributed by atoms with Crippen LogP contribution in [0, 0.1) is 12.7 Å².